The topological polar surface area (TPSA) is 38.9 Å². The van der Waals surface area contributed by atoms with E-state index < -0.39 is 22.9 Å². The summed E-state index contributed by atoms with van der Waals surface area (Å²) >= 11 is 11.3. The molecule has 0 radical (unpaired) electrons. The Morgan fingerprint density at radius 2 is 1.60 bits per heavy atom. The highest BCUT2D eigenvalue weighted by Crippen LogP contribution is 2.34. The number of alkyl halides is 3. The van der Waals surface area contributed by atoms with Gasteiger partial charge < -0.3 is 5.73 Å². The molecule has 0 saturated heterocycles. The largest absolute Gasteiger partial charge is 0.434 e. The van der Waals surface area contributed by atoms with Crippen LogP contribution in [0.4, 0.5) is 13.2 Å². The quantitative estimate of drug-likeness (QED) is 0.887. The van der Waals surface area contributed by atoms with E-state index in [1.54, 1.807) is 24.3 Å². The zero-order valence-corrected chi connectivity index (χ0v) is 11.5. The first-order valence-corrected chi connectivity index (χ1v) is 6.29. The Labute approximate surface area is 123 Å². The molecule has 0 aliphatic rings. The molecule has 20 heavy (non-hydrogen) atoms. The predicted octanol–water partition coefficient (Wildman–Crippen LogP) is 4.46. The summed E-state index contributed by atoms with van der Waals surface area (Å²) in [5.41, 5.74) is 5.47. The zero-order valence-electron chi connectivity index (χ0n) is 9.96. The maximum absolute atomic E-state index is 12.7. The molecule has 0 aliphatic carbocycles. The van der Waals surface area contributed by atoms with Crippen LogP contribution >= 0.6 is 23.2 Å². The van der Waals surface area contributed by atoms with Crippen LogP contribution in [-0.4, -0.2) is 4.98 Å². The first-order valence-electron chi connectivity index (χ1n) is 5.53. The fourth-order valence-corrected chi connectivity index (χ4v) is 2.01. The molecular weight excluding hydrogens is 312 g/mol. The number of hydrogen-bond donors (Lipinski definition) is 1. The second-order valence-electron chi connectivity index (χ2n) is 4.09. The lowest BCUT2D eigenvalue weighted by Gasteiger charge is -2.15. The summed E-state index contributed by atoms with van der Waals surface area (Å²) in [6.07, 6.45) is -4.62. The molecule has 2 aromatic rings. The molecule has 106 valence electrons. The van der Waals surface area contributed by atoms with Gasteiger partial charge in [-0.2, -0.15) is 13.2 Å². The Balaban J connectivity index is 2.40. The number of nitrogens with two attached hydrogens (primary N) is 1. The number of hydrogen-bond acceptors (Lipinski definition) is 2. The third-order valence-electron chi connectivity index (χ3n) is 2.68. The summed E-state index contributed by atoms with van der Waals surface area (Å²) in [6.45, 7) is 0. The molecule has 0 aliphatic heterocycles. The zero-order chi connectivity index (χ0) is 14.9. The van der Waals surface area contributed by atoms with Gasteiger partial charge >= 0.3 is 6.18 Å². The minimum Gasteiger partial charge on any atom is -0.319 e. The number of benzene rings is 1. The Kier molecular flexibility index (Phi) is 4.22. The normalized spacial score (nSPS) is 13.3. The van der Waals surface area contributed by atoms with Crippen LogP contribution in [0.3, 0.4) is 0 Å². The van der Waals surface area contributed by atoms with Gasteiger partial charge in [0.2, 0.25) is 0 Å². The molecule has 0 saturated carbocycles. The van der Waals surface area contributed by atoms with Crippen molar-refractivity contribution in [2.75, 3.05) is 0 Å². The predicted molar refractivity (Wildman–Crippen MR) is 71.7 cm³/mol. The number of rotatable bonds is 2. The average Bonchev–Trinajstić information content (AvgIpc) is 2.38. The highest BCUT2D eigenvalue weighted by molar-refractivity contribution is 6.31. The maximum Gasteiger partial charge on any atom is 0.434 e. The summed E-state index contributed by atoms with van der Waals surface area (Å²) < 4.78 is 38.2. The van der Waals surface area contributed by atoms with Crippen LogP contribution < -0.4 is 5.73 Å². The smallest absolute Gasteiger partial charge is 0.319 e. The third-order valence-corrected chi connectivity index (χ3v) is 3.24. The van der Waals surface area contributed by atoms with Crippen molar-refractivity contribution >= 4 is 23.2 Å². The van der Waals surface area contributed by atoms with Crippen molar-refractivity contribution in [3.63, 3.8) is 0 Å². The van der Waals surface area contributed by atoms with Crippen LogP contribution in [0.15, 0.2) is 36.4 Å². The number of aromatic nitrogens is 1. The van der Waals surface area contributed by atoms with E-state index in [-0.39, 0.29) is 5.69 Å². The van der Waals surface area contributed by atoms with E-state index in [4.69, 9.17) is 28.9 Å². The van der Waals surface area contributed by atoms with Gasteiger partial charge in [0, 0.05) is 5.02 Å². The monoisotopic (exact) mass is 320 g/mol. The van der Waals surface area contributed by atoms with E-state index in [0.29, 0.717) is 10.6 Å². The van der Waals surface area contributed by atoms with Crippen molar-refractivity contribution in [3.8, 4) is 0 Å². The number of pyridine rings is 1. The van der Waals surface area contributed by atoms with Gasteiger partial charge in [-0.15, -0.1) is 0 Å². The van der Waals surface area contributed by atoms with Gasteiger partial charge in [0.15, 0.2) is 5.69 Å². The lowest BCUT2D eigenvalue weighted by molar-refractivity contribution is -0.141. The first kappa shape index (κ1) is 15.1. The van der Waals surface area contributed by atoms with Crippen LogP contribution in [0, 0.1) is 0 Å². The number of nitrogens with zero attached hydrogens (tertiary/aromatic N) is 1. The summed E-state index contributed by atoms with van der Waals surface area (Å²) in [6, 6.07) is 8.21. The molecule has 2 rings (SSSR count). The highest BCUT2D eigenvalue weighted by Gasteiger charge is 2.35. The number of halogens is 5. The van der Waals surface area contributed by atoms with Crippen molar-refractivity contribution in [1.29, 1.82) is 0 Å². The minimum absolute atomic E-state index is 0.0871. The fourth-order valence-electron chi connectivity index (χ4n) is 1.67. The van der Waals surface area contributed by atoms with E-state index >= 15 is 0 Å². The van der Waals surface area contributed by atoms with Crippen molar-refractivity contribution in [1.82, 2.24) is 4.98 Å². The van der Waals surface area contributed by atoms with Crippen LogP contribution in [-0.2, 0) is 6.18 Å². The summed E-state index contributed by atoms with van der Waals surface area (Å²) in [5, 5.41) is 0.0607. The molecule has 0 amide bonds. The minimum atomic E-state index is -4.62. The van der Waals surface area contributed by atoms with Crippen molar-refractivity contribution in [2.45, 2.75) is 12.2 Å². The van der Waals surface area contributed by atoms with Gasteiger partial charge in [-0.05, 0) is 29.8 Å². The summed E-state index contributed by atoms with van der Waals surface area (Å²) in [7, 11) is 0. The van der Waals surface area contributed by atoms with E-state index in [2.05, 4.69) is 4.98 Å². The van der Waals surface area contributed by atoms with Crippen LogP contribution in [0.1, 0.15) is 23.0 Å². The Bertz CT molecular complexity index is 612. The molecule has 1 heterocycles. The lowest BCUT2D eigenvalue weighted by atomic mass is 10.0. The molecule has 1 unspecified atom stereocenters. The Hall–Kier alpha value is -1.30. The maximum atomic E-state index is 12.7. The van der Waals surface area contributed by atoms with Crippen LogP contribution in [0.2, 0.25) is 10.0 Å². The summed E-state index contributed by atoms with van der Waals surface area (Å²) in [4.78, 5) is 3.53. The van der Waals surface area contributed by atoms with Crippen LogP contribution in [0.25, 0.3) is 0 Å². The fraction of sp³-hybridized carbons (Fsp3) is 0.154. The molecular formula is C13H9Cl2F3N2. The first-order chi connectivity index (χ1) is 9.29. The molecule has 1 atom stereocenters. The van der Waals surface area contributed by atoms with Crippen molar-refractivity contribution in [2.24, 2.45) is 5.73 Å². The lowest BCUT2D eigenvalue weighted by Crippen LogP contribution is -2.17. The second kappa shape index (κ2) is 5.60. The standard InChI is InChI=1S/C13H9Cl2F3N2/c14-8-3-1-7(2-4-8)11(19)10-6-5-9(15)12(20-10)13(16,17)18/h1-6,11H,19H2. The van der Waals surface area contributed by atoms with Crippen LogP contribution in [0.5, 0.6) is 0 Å². The van der Waals surface area contributed by atoms with Crippen molar-refractivity contribution < 1.29 is 13.2 Å². The van der Waals surface area contributed by atoms with Gasteiger partial charge in [-0.1, -0.05) is 35.3 Å². The summed E-state index contributed by atoms with van der Waals surface area (Å²) in [5.74, 6) is 0. The van der Waals surface area contributed by atoms with Crippen molar-refractivity contribution in [3.05, 3.63) is 63.4 Å². The second-order valence-corrected chi connectivity index (χ2v) is 4.94. The molecule has 2 N–H and O–H groups in total. The van der Waals surface area contributed by atoms with Gasteiger partial charge in [0.25, 0.3) is 0 Å². The molecule has 1 aromatic heterocycles. The van der Waals surface area contributed by atoms with Gasteiger partial charge in [0.1, 0.15) is 0 Å². The van der Waals surface area contributed by atoms with E-state index in [9.17, 15) is 13.2 Å². The highest BCUT2D eigenvalue weighted by atomic mass is 35.5. The van der Waals surface area contributed by atoms with Gasteiger partial charge in [-0.3, -0.25) is 0 Å². The Morgan fingerprint density at radius 1 is 1.00 bits per heavy atom. The van der Waals surface area contributed by atoms with Gasteiger partial charge in [-0.25, -0.2) is 4.98 Å². The Morgan fingerprint density at radius 3 is 2.15 bits per heavy atom. The molecule has 0 fully saturated rings. The molecule has 7 heteroatoms. The molecule has 0 bridgehead atoms. The van der Waals surface area contributed by atoms with E-state index in [1.165, 1.54) is 6.07 Å². The van der Waals surface area contributed by atoms with Gasteiger partial charge in [0.05, 0.1) is 16.8 Å². The molecule has 1 aromatic carbocycles. The SMILES string of the molecule is NC(c1ccc(Cl)cc1)c1ccc(Cl)c(C(F)(F)F)n1. The van der Waals surface area contributed by atoms with E-state index in [0.717, 1.165) is 6.07 Å². The third kappa shape index (κ3) is 3.23. The molecule has 2 nitrogen and oxygen atoms in total. The molecule has 0 spiro atoms. The average molecular weight is 321 g/mol. The van der Waals surface area contributed by atoms with E-state index in [1.807, 2.05) is 0 Å².